The van der Waals surface area contributed by atoms with Gasteiger partial charge in [0.2, 0.25) is 0 Å². The summed E-state index contributed by atoms with van der Waals surface area (Å²) < 4.78 is 6.05. The third-order valence-corrected chi connectivity index (χ3v) is 4.48. The van der Waals surface area contributed by atoms with Crippen molar-refractivity contribution >= 4 is 28.3 Å². The first kappa shape index (κ1) is 20.8. The van der Waals surface area contributed by atoms with Gasteiger partial charge < -0.3 is 15.6 Å². The second-order valence-electron chi connectivity index (χ2n) is 5.42. The van der Waals surface area contributed by atoms with Crippen LogP contribution in [-0.4, -0.2) is 36.8 Å². The molecule has 2 rings (SSSR count). The van der Waals surface area contributed by atoms with Gasteiger partial charge in [-0.2, -0.15) is 0 Å². The van der Waals surface area contributed by atoms with E-state index in [1.807, 2.05) is 6.07 Å². The summed E-state index contributed by atoms with van der Waals surface area (Å²) in [6.45, 7) is 3.06. The summed E-state index contributed by atoms with van der Waals surface area (Å²) in [6, 6.07) is 13.9. The molecule has 0 spiro atoms. The highest BCUT2D eigenvalue weighted by molar-refractivity contribution is 9.10. The number of phenolic OH excluding ortho intramolecular Hbond substituents is 1. The number of phenols is 1. The first-order valence-corrected chi connectivity index (χ1v) is 8.45. The van der Waals surface area contributed by atoms with E-state index in [2.05, 4.69) is 45.1 Å². The molecule has 0 bridgehead atoms. The van der Waals surface area contributed by atoms with E-state index in [4.69, 9.17) is 10.5 Å². The molecule has 0 amide bonds. The normalized spacial score (nSPS) is 10.5. The molecule has 0 fully saturated rings. The average molecular weight is 416 g/mol. The largest absolute Gasteiger partial charge is 0.504 e. The summed E-state index contributed by atoms with van der Waals surface area (Å²) >= 11 is 3.55. The second-order valence-corrected chi connectivity index (χ2v) is 6.27. The predicted molar refractivity (Wildman–Crippen MR) is 104 cm³/mol. The summed E-state index contributed by atoms with van der Waals surface area (Å²) in [7, 11) is 1.54. The van der Waals surface area contributed by atoms with Crippen molar-refractivity contribution in [2.24, 2.45) is 5.73 Å². The van der Waals surface area contributed by atoms with Crippen LogP contribution in [0.15, 0.2) is 46.9 Å². The Labute approximate surface area is 158 Å². The molecule has 132 valence electrons. The third kappa shape index (κ3) is 5.98. The maximum absolute atomic E-state index is 9.98. The maximum Gasteiger partial charge on any atom is 0.161 e. The van der Waals surface area contributed by atoms with E-state index in [1.54, 1.807) is 19.2 Å². The van der Waals surface area contributed by atoms with Crippen LogP contribution in [-0.2, 0) is 13.0 Å². The van der Waals surface area contributed by atoms with Crippen LogP contribution in [0, 0.1) is 0 Å². The van der Waals surface area contributed by atoms with Gasteiger partial charge in [0, 0.05) is 30.7 Å². The van der Waals surface area contributed by atoms with Crippen molar-refractivity contribution in [2.75, 3.05) is 26.7 Å². The van der Waals surface area contributed by atoms with Gasteiger partial charge in [0.15, 0.2) is 11.5 Å². The van der Waals surface area contributed by atoms with Crippen LogP contribution in [0.2, 0.25) is 0 Å². The number of halogens is 2. The van der Waals surface area contributed by atoms with Crippen LogP contribution in [0.5, 0.6) is 11.5 Å². The molecule has 2 aromatic rings. The molecule has 0 aromatic heterocycles. The summed E-state index contributed by atoms with van der Waals surface area (Å²) in [5, 5.41) is 9.98. The smallest absolute Gasteiger partial charge is 0.161 e. The number of methoxy groups -OCH3 is 1. The molecular weight excluding hydrogens is 392 g/mol. The lowest BCUT2D eigenvalue weighted by Gasteiger charge is -2.22. The Morgan fingerprint density at radius 1 is 1.17 bits per heavy atom. The fourth-order valence-electron chi connectivity index (χ4n) is 2.50. The molecule has 0 saturated carbocycles. The third-order valence-electron chi connectivity index (χ3n) is 3.75. The lowest BCUT2D eigenvalue weighted by atomic mass is 10.1. The molecule has 4 nitrogen and oxygen atoms in total. The number of aromatic hydroxyl groups is 1. The lowest BCUT2D eigenvalue weighted by molar-refractivity contribution is 0.275. The number of hydrogen-bond acceptors (Lipinski definition) is 4. The van der Waals surface area contributed by atoms with E-state index in [0.29, 0.717) is 12.3 Å². The van der Waals surface area contributed by atoms with Crippen molar-refractivity contribution in [3.05, 3.63) is 58.1 Å². The topological polar surface area (TPSA) is 58.7 Å². The SMILES string of the molecule is COc1cc(Br)c(CN(CCN)CCc2ccccc2)cc1O.Cl. The van der Waals surface area contributed by atoms with Crippen LogP contribution >= 0.6 is 28.3 Å². The van der Waals surface area contributed by atoms with Gasteiger partial charge in [0.25, 0.3) is 0 Å². The molecule has 0 atom stereocenters. The highest BCUT2D eigenvalue weighted by Gasteiger charge is 2.12. The van der Waals surface area contributed by atoms with Crippen molar-refractivity contribution in [2.45, 2.75) is 13.0 Å². The maximum atomic E-state index is 9.98. The minimum atomic E-state index is 0. The van der Waals surface area contributed by atoms with Gasteiger partial charge >= 0.3 is 0 Å². The van der Waals surface area contributed by atoms with E-state index in [9.17, 15) is 5.11 Å². The quantitative estimate of drug-likeness (QED) is 0.692. The zero-order chi connectivity index (χ0) is 16.7. The van der Waals surface area contributed by atoms with Crippen molar-refractivity contribution < 1.29 is 9.84 Å². The van der Waals surface area contributed by atoms with E-state index < -0.39 is 0 Å². The molecule has 0 aliphatic rings. The zero-order valence-electron chi connectivity index (χ0n) is 13.7. The van der Waals surface area contributed by atoms with Gasteiger partial charge in [-0.1, -0.05) is 46.3 Å². The minimum Gasteiger partial charge on any atom is -0.504 e. The van der Waals surface area contributed by atoms with Crippen LogP contribution in [0.4, 0.5) is 0 Å². The minimum absolute atomic E-state index is 0. The van der Waals surface area contributed by atoms with Gasteiger partial charge in [0.1, 0.15) is 0 Å². The number of benzene rings is 2. The molecule has 0 saturated heterocycles. The zero-order valence-corrected chi connectivity index (χ0v) is 16.1. The van der Waals surface area contributed by atoms with E-state index >= 15 is 0 Å². The molecule has 0 aliphatic carbocycles. The first-order chi connectivity index (χ1) is 11.1. The Bertz CT molecular complexity index is 626. The molecule has 2 aromatic carbocycles. The van der Waals surface area contributed by atoms with E-state index in [0.717, 1.165) is 36.1 Å². The average Bonchev–Trinajstić information content (AvgIpc) is 2.56. The van der Waals surface area contributed by atoms with Gasteiger partial charge in [-0.15, -0.1) is 12.4 Å². The Hall–Kier alpha value is -1.27. The molecule has 0 radical (unpaired) electrons. The van der Waals surface area contributed by atoms with Crippen LogP contribution in [0.1, 0.15) is 11.1 Å². The molecule has 0 aliphatic heterocycles. The van der Waals surface area contributed by atoms with Crippen molar-refractivity contribution in [1.82, 2.24) is 4.90 Å². The Kier molecular flexibility index (Phi) is 9.14. The van der Waals surface area contributed by atoms with Crippen LogP contribution in [0.3, 0.4) is 0 Å². The van der Waals surface area contributed by atoms with Gasteiger partial charge in [-0.3, -0.25) is 4.90 Å². The molecule has 6 heteroatoms. The number of hydrogen-bond donors (Lipinski definition) is 2. The highest BCUT2D eigenvalue weighted by Crippen LogP contribution is 2.33. The number of nitrogens with two attached hydrogens (primary N) is 1. The monoisotopic (exact) mass is 414 g/mol. The van der Waals surface area contributed by atoms with Gasteiger partial charge in [0.05, 0.1) is 7.11 Å². The molecule has 0 unspecified atom stereocenters. The summed E-state index contributed by atoms with van der Waals surface area (Å²) in [5.74, 6) is 0.622. The van der Waals surface area contributed by atoms with Gasteiger partial charge in [-0.25, -0.2) is 0 Å². The predicted octanol–water partition coefficient (Wildman–Crippen LogP) is 3.59. The molecule has 3 N–H and O–H groups in total. The number of nitrogens with zero attached hydrogens (tertiary/aromatic N) is 1. The number of rotatable bonds is 8. The number of ether oxygens (including phenoxy) is 1. The molecule has 24 heavy (non-hydrogen) atoms. The van der Waals surface area contributed by atoms with Crippen molar-refractivity contribution in [3.8, 4) is 11.5 Å². The molecular formula is C18H24BrClN2O2. The van der Waals surface area contributed by atoms with E-state index in [-0.39, 0.29) is 18.2 Å². The lowest BCUT2D eigenvalue weighted by Crippen LogP contribution is -2.31. The van der Waals surface area contributed by atoms with Crippen molar-refractivity contribution in [1.29, 1.82) is 0 Å². The second kappa shape index (κ2) is 10.6. The fraction of sp³-hybridized carbons (Fsp3) is 0.333. The first-order valence-electron chi connectivity index (χ1n) is 7.65. The Morgan fingerprint density at radius 3 is 2.50 bits per heavy atom. The molecule has 0 heterocycles. The van der Waals surface area contributed by atoms with E-state index in [1.165, 1.54) is 5.56 Å². The summed E-state index contributed by atoms with van der Waals surface area (Å²) in [4.78, 5) is 2.29. The Morgan fingerprint density at radius 2 is 1.88 bits per heavy atom. The van der Waals surface area contributed by atoms with Crippen LogP contribution < -0.4 is 10.5 Å². The van der Waals surface area contributed by atoms with Gasteiger partial charge in [-0.05, 0) is 29.7 Å². The van der Waals surface area contributed by atoms with Crippen molar-refractivity contribution in [3.63, 3.8) is 0 Å². The summed E-state index contributed by atoms with van der Waals surface area (Å²) in [6.07, 6.45) is 0.973. The fourth-order valence-corrected chi connectivity index (χ4v) is 2.94. The Balaban J connectivity index is 0.00000288. The van der Waals surface area contributed by atoms with Crippen LogP contribution in [0.25, 0.3) is 0 Å². The standard InChI is InChI=1S/C18H23BrN2O2.ClH/c1-23-18-12-16(19)15(11-17(18)22)13-21(10-8-20)9-7-14-5-3-2-4-6-14;/h2-6,11-12,22H,7-10,13,20H2,1H3;1H. The summed E-state index contributed by atoms with van der Waals surface area (Å²) in [5.41, 5.74) is 8.07. The highest BCUT2D eigenvalue weighted by atomic mass is 79.9.